The van der Waals surface area contributed by atoms with Crippen molar-refractivity contribution in [2.24, 2.45) is 0 Å². The first kappa shape index (κ1) is 19.4. The third-order valence-corrected chi connectivity index (χ3v) is 3.93. The van der Waals surface area contributed by atoms with Crippen LogP contribution in [0.2, 0.25) is 0 Å². The van der Waals surface area contributed by atoms with Gasteiger partial charge in [0.25, 0.3) is 5.91 Å². The molecule has 3 N–H and O–H groups in total. The number of nitrogens with zero attached hydrogens (tertiary/aromatic N) is 1. The molecule has 1 aliphatic heterocycles. The Hall–Kier alpha value is -2.97. The van der Waals surface area contributed by atoms with Crippen LogP contribution in [0.3, 0.4) is 0 Å². The van der Waals surface area contributed by atoms with Crippen molar-refractivity contribution in [2.45, 2.75) is 38.6 Å². The lowest BCUT2D eigenvalue weighted by atomic mass is 10.1. The average Bonchev–Trinajstić information content (AvgIpc) is 2.78. The van der Waals surface area contributed by atoms with E-state index in [2.05, 4.69) is 16.2 Å². The van der Waals surface area contributed by atoms with Crippen LogP contribution >= 0.6 is 0 Å². The molecule has 0 aromatic heterocycles. The lowest BCUT2D eigenvalue weighted by molar-refractivity contribution is -0.132. The number of benzene rings is 1. The summed E-state index contributed by atoms with van der Waals surface area (Å²) in [5.41, 5.74) is 3.85. The third kappa shape index (κ3) is 4.78. The van der Waals surface area contributed by atoms with Gasteiger partial charge in [0.15, 0.2) is 0 Å². The largest absolute Gasteiger partial charge is 0.325 e. The molecule has 5 amide bonds. The summed E-state index contributed by atoms with van der Waals surface area (Å²) >= 11 is 0. The molecule has 8 nitrogen and oxygen atoms in total. The molecule has 1 heterocycles. The smallest absolute Gasteiger partial charge is 0.324 e. The first-order valence-electron chi connectivity index (χ1n) is 8.16. The highest BCUT2D eigenvalue weighted by Crippen LogP contribution is 2.16. The number of carbonyl (C=O) groups excluding carboxylic acids is 4. The number of halogens is 1. The molecular formula is C17H21FN4O4. The number of rotatable bonds is 6. The fraction of sp³-hybridized carbons (Fsp3) is 0.412. The van der Waals surface area contributed by atoms with Crippen molar-refractivity contribution in [1.29, 1.82) is 0 Å². The highest BCUT2D eigenvalue weighted by molar-refractivity contribution is 6.06. The van der Waals surface area contributed by atoms with Gasteiger partial charge in [-0.3, -0.25) is 30.1 Å². The van der Waals surface area contributed by atoms with Gasteiger partial charge in [0.2, 0.25) is 11.8 Å². The van der Waals surface area contributed by atoms with E-state index in [0.29, 0.717) is 5.56 Å². The standard InChI is InChI=1S/C17H21FN4O4/c1-17(2)15(25)22(16(26)19-17)10-9-14(24)21-20-13(23)8-7-11-5-3-4-6-12(11)18/h3-6H,7-10H2,1-2H3,(H,19,26)(H,20,23)(H,21,24). The predicted octanol–water partition coefficient (Wildman–Crippen LogP) is 0.626. The second-order valence-corrected chi connectivity index (χ2v) is 6.45. The van der Waals surface area contributed by atoms with Gasteiger partial charge < -0.3 is 5.32 Å². The summed E-state index contributed by atoms with van der Waals surface area (Å²) in [5, 5.41) is 2.51. The molecular weight excluding hydrogens is 343 g/mol. The summed E-state index contributed by atoms with van der Waals surface area (Å²) in [6, 6.07) is 5.58. The molecule has 140 valence electrons. The topological polar surface area (TPSA) is 108 Å². The van der Waals surface area contributed by atoms with Crippen molar-refractivity contribution in [3.8, 4) is 0 Å². The summed E-state index contributed by atoms with van der Waals surface area (Å²) in [6.07, 6.45) is 0.0527. The van der Waals surface area contributed by atoms with Crippen LogP contribution in [0.4, 0.5) is 9.18 Å². The van der Waals surface area contributed by atoms with Crippen LogP contribution < -0.4 is 16.2 Å². The van der Waals surface area contributed by atoms with Crippen LogP contribution in [0.5, 0.6) is 0 Å². The van der Waals surface area contributed by atoms with Gasteiger partial charge in [-0.25, -0.2) is 9.18 Å². The normalized spacial score (nSPS) is 15.6. The minimum atomic E-state index is -0.992. The summed E-state index contributed by atoms with van der Waals surface area (Å²) in [4.78, 5) is 48.1. The second-order valence-electron chi connectivity index (χ2n) is 6.45. The zero-order chi connectivity index (χ0) is 19.3. The molecule has 0 radical (unpaired) electrons. The number of hydrazine groups is 1. The van der Waals surface area contributed by atoms with Crippen molar-refractivity contribution in [2.75, 3.05) is 6.54 Å². The molecule has 0 unspecified atom stereocenters. The van der Waals surface area contributed by atoms with Crippen molar-refractivity contribution >= 4 is 23.8 Å². The molecule has 1 aromatic rings. The summed E-state index contributed by atoms with van der Waals surface area (Å²) in [7, 11) is 0. The highest BCUT2D eigenvalue weighted by Gasteiger charge is 2.43. The second kappa shape index (κ2) is 7.94. The number of hydrogen-bond acceptors (Lipinski definition) is 4. The van der Waals surface area contributed by atoms with Gasteiger partial charge in [0.1, 0.15) is 11.4 Å². The van der Waals surface area contributed by atoms with Gasteiger partial charge in [-0.15, -0.1) is 0 Å². The van der Waals surface area contributed by atoms with Crippen molar-refractivity contribution in [3.63, 3.8) is 0 Å². The van der Waals surface area contributed by atoms with E-state index < -0.39 is 29.3 Å². The lowest BCUT2D eigenvalue weighted by Crippen LogP contribution is -2.44. The maximum Gasteiger partial charge on any atom is 0.325 e. The predicted molar refractivity (Wildman–Crippen MR) is 89.9 cm³/mol. The average molecular weight is 364 g/mol. The molecule has 0 atom stereocenters. The molecule has 26 heavy (non-hydrogen) atoms. The van der Waals surface area contributed by atoms with E-state index in [0.717, 1.165) is 4.90 Å². The van der Waals surface area contributed by atoms with Crippen molar-refractivity contribution < 1.29 is 23.6 Å². The van der Waals surface area contributed by atoms with E-state index >= 15 is 0 Å². The third-order valence-electron chi connectivity index (χ3n) is 3.93. The van der Waals surface area contributed by atoms with Crippen LogP contribution in [0.15, 0.2) is 24.3 Å². The van der Waals surface area contributed by atoms with E-state index in [9.17, 15) is 23.6 Å². The number of nitrogens with one attached hydrogen (secondary N) is 3. The van der Waals surface area contributed by atoms with Crippen LogP contribution in [-0.2, 0) is 20.8 Å². The van der Waals surface area contributed by atoms with Crippen LogP contribution in [0.1, 0.15) is 32.3 Å². The lowest BCUT2D eigenvalue weighted by Gasteiger charge is -2.15. The molecule has 1 aliphatic rings. The molecule has 0 saturated carbocycles. The van der Waals surface area contributed by atoms with E-state index in [1.54, 1.807) is 32.0 Å². The Morgan fingerprint density at radius 2 is 1.73 bits per heavy atom. The molecule has 2 rings (SSSR count). The minimum absolute atomic E-state index is 0.00240. The number of urea groups is 1. The molecule has 0 bridgehead atoms. The Morgan fingerprint density at radius 1 is 1.12 bits per heavy atom. The summed E-state index contributed by atoms with van der Waals surface area (Å²) < 4.78 is 13.5. The van der Waals surface area contributed by atoms with Gasteiger partial charge in [0, 0.05) is 19.4 Å². The Balaban J connectivity index is 1.70. The maximum absolute atomic E-state index is 13.5. The summed E-state index contributed by atoms with van der Waals surface area (Å²) in [6.45, 7) is 3.05. The monoisotopic (exact) mass is 364 g/mol. The minimum Gasteiger partial charge on any atom is -0.324 e. The van der Waals surface area contributed by atoms with Gasteiger partial charge in [-0.2, -0.15) is 0 Å². The van der Waals surface area contributed by atoms with Gasteiger partial charge in [0.05, 0.1) is 0 Å². The fourth-order valence-electron chi connectivity index (χ4n) is 2.45. The fourth-order valence-corrected chi connectivity index (χ4v) is 2.45. The van der Waals surface area contributed by atoms with Gasteiger partial charge in [-0.05, 0) is 31.9 Å². The van der Waals surface area contributed by atoms with Gasteiger partial charge >= 0.3 is 6.03 Å². The number of imide groups is 1. The van der Waals surface area contributed by atoms with Crippen LogP contribution in [0.25, 0.3) is 0 Å². The zero-order valence-electron chi connectivity index (χ0n) is 14.6. The first-order chi connectivity index (χ1) is 12.2. The molecule has 0 spiro atoms. The van der Waals surface area contributed by atoms with Crippen molar-refractivity contribution in [1.82, 2.24) is 21.1 Å². The van der Waals surface area contributed by atoms with Crippen molar-refractivity contribution in [3.05, 3.63) is 35.6 Å². The number of amides is 5. The number of aryl methyl sites for hydroxylation is 1. The quantitative estimate of drug-likeness (QED) is 0.508. The Kier molecular flexibility index (Phi) is 5.91. The van der Waals surface area contributed by atoms with E-state index in [1.165, 1.54) is 6.07 Å². The molecule has 1 aromatic carbocycles. The molecule has 1 fully saturated rings. The van der Waals surface area contributed by atoms with Crippen LogP contribution in [0, 0.1) is 5.82 Å². The maximum atomic E-state index is 13.5. The zero-order valence-corrected chi connectivity index (χ0v) is 14.6. The first-order valence-corrected chi connectivity index (χ1v) is 8.16. The van der Waals surface area contributed by atoms with Crippen LogP contribution in [-0.4, -0.2) is 40.7 Å². The highest BCUT2D eigenvalue weighted by atomic mass is 19.1. The molecule has 1 saturated heterocycles. The van der Waals surface area contributed by atoms with E-state index in [-0.39, 0.29) is 31.6 Å². The molecule has 9 heteroatoms. The number of hydrogen-bond donors (Lipinski definition) is 3. The Labute approximate surface area is 150 Å². The number of carbonyl (C=O) groups is 4. The molecule has 0 aliphatic carbocycles. The van der Waals surface area contributed by atoms with E-state index in [1.807, 2.05) is 0 Å². The SMILES string of the molecule is CC1(C)NC(=O)N(CCC(=O)NNC(=O)CCc2ccccc2F)C1=O. The Morgan fingerprint density at radius 3 is 2.31 bits per heavy atom. The van der Waals surface area contributed by atoms with E-state index in [4.69, 9.17) is 0 Å². The van der Waals surface area contributed by atoms with Gasteiger partial charge in [-0.1, -0.05) is 18.2 Å². The summed E-state index contributed by atoms with van der Waals surface area (Å²) in [5.74, 6) is -1.82. The Bertz CT molecular complexity index is 735.